The Morgan fingerprint density at radius 1 is 1.21 bits per heavy atom. The maximum absolute atomic E-state index is 12.7. The molecule has 1 amide bonds. The van der Waals surface area contributed by atoms with Crippen molar-refractivity contribution < 1.29 is 13.2 Å². The second kappa shape index (κ2) is 8.20. The maximum Gasteiger partial charge on any atom is 0.261 e. The Morgan fingerprint density at radius 3 is 2.55 bits per heavy atom. The van der Waals surface area contributed by atoms with Gasteiger partial charge in [0.15, 0.2) is 0 Å². The van der Waals surface area contributed by atoms with Crippen molar-refractivity contribution in [3.05, 3.63) is 82.1 Å². The normalized spacial score (nSPS) is 11.4. The van der Waals surface area contributed by atoms with Gasteiger partial charge in [-0.1, -0.05) is 23.7 Å². The molecule has 0 aliphatic heterocycles. The average molecular weight is 432 g/mol. The molecule has 150 valence electrons. The summed E-state index contributed by atoms with van der Waals surface area (Å²) >= 11 is 6.16. The number of sulfonamides is 1. The van der Waals surface area contributed by atoms with Crippen molar-refractivity contribution in [2.24, 2.45) is 7.05 Å². The summed E-state index contributed by atoms with van der Waals surface area (Å²) in [6.07, 6.45) is 2.85. The highest BCUT2D eigenvalue weighted by Crippen LogP contribution is 2.21. The molecule has 7 nitrogen and oxygen atoms in total. The average Bonchev–Trinajstić information content (AvgIpc) is 2.69. The molecular formula is C20H18ClN3O4S. The minimum absolute atomic E-state index is 0.0494. The minimum Gasteiger partial charge on any atom is -0.348 e. The van der Waals surface area contributed by atoms with E-state index in [1.807, 2.05) is 0 Å². The summed E-state index contributed by atoms with van der Waals surface area (Å²) in [5, 5.41) is 3.36. The Kier molecular flexibility index (Phi) is 5.88. The van der Waals surface area contributed by atoms with E-state index in [2.05, 4.69) is 16.6 Å². The van der Waals surface area contributed by atoms with Crippen LogP contribution in [-0.2, 0) is 17.1 Å². The first kappa shape index (κ1) is 20.8. The van der Waals surface area contributed by atoms with Gasteiger partial charge >= 0.3 is 0 Å². The van der Waals surface area contributed by atoms with E-state index in [4.69, 9.17) is 11.6 Å². The first-order valence-electron chi connectivity index (χ1n) is 8.54. The molecule has 9 heteroatoms. The second-order valence-electron chi connectivity index (χ2n) is 6.24. The first-order valence-corrected chi connectivity index (χ1v) is 10.4. The Bertz CT molecular complexity index is 1270. The van der Waals surface area contributed by atoms with Crippen LogP contribution in [0.5, 0.6) is 0 Å². The third kappa shape index (κ3) is 4.24. The summed E-state index contributed by atoms with van der Waals surface area (Å²) in [6.45, 7) is 3.57. The van der Waals surface area contributed by atoms with E-state index in [1.54, 1.807) is 29.8 Å². The van der Waals surface area contributed by atoms with Gasteiger partial charge in [-0.3, -0.25) is 9.59 Å². The van der Waals surface area contributed by atoms with Crippen LogP contribution in [0.3, 0.4) is 0 Å². The van der Waals surface area contributed by atoms with Crippen LogP contribution in [-0.4, -0.2) is 25.4 Å². The van der Waals surface area contributed by atoms with Crippen LogP contribution in [0.1, 0.15) is 10.4 Å². The molecule has 3 rings (SSSR count). The highest BCUT2D eigenvalue weighted by molar-refractivity contribution is 7.89. The van der Waals surface area contributed by atoms with Gasteiger partial charge in [0.25, 0.3) is 5.91 Å². The van der Waals surface area contributed by atoms with Crippen LogP contribution in [0.2, 0.25) is 5.02 Å². The van der Waals surface area contributed by atoms with Crippen molar-refractivity contribution in [1.82, 2.24) is 9.29 Å². The number of carbonyl (C=O) groups is 1. The summed E-state index contributed by atoms with van der Waals surface area (Å²) in [6, 6.07) is 10.5. The number of pyridine rings is 1. The van der Waals surface area contributed by atoms with Crippen molar-refractivity contribution in [3.63, 3.8) is 0 Å². The van der Waals surface area contributed by atoms with Crippen LogP contribution in [0.15, 0.2) is 71.0 Å². The van der Waals surface area contributed by atoms with Crippen molar-refractivity contribution in [2.75, 3.05) is 11.9 Å². The predicted molar refractivity (Wildman–Crippen MR) is 114 cm³/mol. The first-order chi connectivity index (χ1) is 13.7. The molecule has 29 heavy (non-hydrogen) atoms. The monoisotopic (exact) mass is 431 g/mol. The number of aromatic nitrogens is 1. The van der Waals surface area contributed by atoms with Gasteiger partial charge in [-0.25, -0.2) is 13.1 Å². The number of aryl methyl sites for hydroxylation is 1. The van der Waals surface area contributed by atoms with Crippen LogP contribution in [0.25, 0.3) is 10.9 Å². The van der Waals surface area contributed by atoms with Crippen molar-refractivity contribution in [2.45, 2.75) is 4.90 Å². The van der Waals surface area contributed by atoms with E-state index in [0.717, 1.165) is 0 Å². The van der Waals surface area contributed by atoms with Crippen LogP contribution in [0, 0.1) is 0 Å². The van der Waals surface area contributed by atoms with E-state index in [0.29, 0.717) is 21.6 Å². The lowest BCUT2D eigenvalue weighted by Gasteiger charge is -2.11. The number of carbonyl (C=O) groups excluding carboxylic acids is 1. The summed E-state index contributed by atoms with van der Waals surface area (Å²) in [5.74, 6) is -0.604. The lowest BCUT2D eigenvalue weighted by atomic mass is 10.1. The molecule has 0 aliphatic rings. The summed E-state index contributed by atoms with van der Waals surface area (Å²) < 4.78 is 28.1. The second-order valence-corrected chi connectivity index (χ2v) is 8.41. The molecule has 0 spiro atoms. The Labute approximate surface area is 172 Å². The fourth-order valence-electron chi connectivity index (χ4n) is 2.85. The molecule has 0 fully saturated rings. The van der Waals surface area contributed by atoms with E-state index in [-0.39, 0.29) is 17.0 Å². The minimum atomic E-state index is -3.66. The summed E-state index contributed by atoms with van der Waals surface area (Å²) in [4.78, 5) is 25.4. The van der Waals surface area contributed by atoms with Gasteiger partial charge in [0, 0.05) is 30.9 Å². The molecule has 0 aliphatic carbocycles. The molecule has 3 aromatic rings. The van der Waals surface area contributed by atoms with Gasteiger partial charge in [-0.2, -0.15) is 0 Å². The number of nitrogens with one attached hydrogen (secondary N) is 2. The number of rotatable bonds is 6. The lowest BCUT2D eigenvalue weighted by molar-refractivity contribution is 0.102. The molecule has 0 saturated carbocycles. The van der Waals surface area contributed by atoms with Gasteiger partial charge in [0.1, 0.15) is 5.56 Å². The number of para-hydroxylation sites is 1. The molecule has 1 aromatic heterocycles. The molecule has 0 bridgehead atoms. The topological polar surface area (TPSA) is 97.3 Å². The number of benzene rings is 2. The van der Waals surface area contributed by atoms with E-state index >= 15 is 0 Å². The Hall–Kier alpha value is -2.94. The number of hydrogen-bond acceptors (Lipinski definition) is 4. The van der Waals surface area contributed by atoms with E-state index in [9.17, 15) is 18.0 Å². The standard InChI is InChI=1S/C20H18ClN3O4S/c1-3-11-22-29(27,28)14-9-7-13(8-10-14)23-20(26)16-12-24(2)18-15(19(16)25)5-4-6-17(18)21/h3-10,12,22H,1,11H2,2H3,(H,23,26). The largest absolute Gasteiger partial charge is 0.348 e. The van der Waals surface area contributed by atoms with Crippen molar-refractivity contribution in [3.8, 4) is 0 Å². The number of nitrogens with zero attached hydrogens (tertiary/aromatic N) is 1. The zero-order valence-corrected chi connectivity index (χ0v) is 17.0. The fraction of sp³-hybridized carbons (Fsp3) is 0.100. The van der Waals surface area contributed by atoms with Crippen molar-refractivity contribution in [1.29, 1.82) is 0 Å². The third-order valence-corrected chi connectivity index (χ3v) is 5.98. The molecule has 0 atom stereocenters. The van der Waals surface area contributed by atoms with Crippen LogP contribution >= 0.6 is 11.6 Å². The Balaban J connectivity index is 1.89. The molecule has 0 unspecified atom stereocenters. The number of anilines is 1. The lowest BCUT2D eigenvalue weighted by Crippen LogP contribution is -2.24. The van der Waals surface area contributed by atoms with Gasteiger partial charge in [-0.05, 0) is 36.4 Å². The number of fused-ring (bicyclic) bond motifs is 1. The highest BCUT2D eigenvalue weighted by Gasteiger charge is 2.17. The summed E-state index contributed by atoms with van der Waals surface area (Å²) in [7, 11) is -1.97. The van der Waals surface area contributed by atoms with E-state index < -0.39 is 21.4 Å². The van der Waals surface area contributed by atoms with Gasteiger partial charge in [0.05, 0.1) is 15.4 Å². The van der Waals surface area contributed by atoms with Crippen LogP contribution < -0.4 is 15.5 Å². The highest BCUT2D eigenvalue weighted by atomic mass is 35.5. The Morgan fingerprint density at radius 2 is 1.90 bits per heavy atom. The van der Waals surface area contributed by atoms with Crippen LogP contribution in [0.4, 0.5) is 5.69 Å². The SMILES string of the molecule is C=CCNS(=O)(=O)c1ccc(NC(=O)c2cn(C)c3c(Cl)cccc3c2=O)cc1. The zero-order chi connectivity index (χ0) is 21.2. The van der Waals surface area contributed by atoms with Crippen molar-refractivity contribution >= 4 is 44.1 Å². The number of amides is 1. The zero-order valence-electron chi connectivity index (χ0n) is 15.5. The van der Waals surface area contributed by atoms with Gasteiger partial charge < -0.3 is 9.88 Å². The maximum atomic E-state index is 12.7. The quantitative estimate of drug-likeness (QED) is 0.586. The number of hydrogen-bond donors (Lipinski definition) is 2. The van der Waals surface area contributed by atoms with Gasteiger partial charge in [0.2, 0.25) is 15.5 Å². The molecule has 2 N–H and O–H groups in total. The third-order valence-electron chi connectivity index (χ3n) is 4.24. The molecule has 1 heterocycles. The molecule has 0 radical (unpaired) electrons. The molecular weight excluding hydrogens is 414 g/mol. The smallest absolute Gasteiger partial charge is 0.261 e. The van der Waals surface area contributed by atoms with E-state index in [1.165, 1.54) is 36.5 Å². The summed E-state index contributed by atoms with van der Waals surface area (Å²) in [5.41, 5.74) is 0.403. The number of halogens is 1. The van der Waals surface area contributed by atoms with Gasteiger partial charge in [-0.15, -0.1) is 6.58 Å². The fourth-order valence-corrected chi connectivity index (χ4v) is 4.15. The molecule has 0 saturated heterocycles. The predicted octanol–water partition coefficient (Wildman–Crippen LogP) is 2.91. The molecule has 2 aromatic carbocycles.